The lowest BCUT2D eigenvalue weighted by atomic mass is 10.1. The average molecular weight is 342 g/mol. The van der Waals surface area contributed by atoms with E-state index in [4.69, 9.17) is 4.42 Å². The molecule has 0 radical (unpaired) electrons. The summed E-state index contributed by atoms with van der Waals surface area (Å²) in [5.74, 6) is 0.594. The highest BCUT2D eigenvalue weighted by Crippen LogP contribution is 2.18. The molecule has 2 atom stereocenters. The number of benzene rings is 1. The number of hydrogen-bond donors (Lipinski definition) is 2. The second-order valence-corrected chi connectivity index (χ2v) is 6.31. The molecular weight excluding hydrogens is 316 g/mol. The summed E-state index contributed by atoms with van der Waals surface area (Å²) in [5.41, 5.74) is 2.30. The van der Waals surface area contributed by atoms with Crippen molar-refractivity contribution in [3.63, 3.8) is 0 Å². The molecule has 1 heterocycles. The molecule has 6 heteroatoms. The molecule has 2 rings (SSSR count). The van der Waals surface area contributed by atoms with E-state index in [9.17, 15) is 4.79 Å². The number of fused-ring (bicyclic) bond motifs is 1. The number of para-hydroxylation sites is 2. The molecule has 0 fully saturated rings. The molecule has 0 saturated carbocycles. The first-order chi connectivity index (χ1) is 11.9. The number of oxazole rings is 1. The smallest absolute Gasteiger partial charge is 0.302 e. The molecule has 0 amide bonds. The highest BCUT2D eigenvalue weighted by atomic mass is 16.4. The van der Waals surface area contributed by atoms with Gasteiger partial charge in [-0.25, -0.2) is 4.99 Å². The van der Waals surface area contributed by atoms with Gasteiger partial charge >= 0.3 is 6.01 Å². The summed E-state index contributed by atoms with van der Waals surface area (Å²) in [6.07, 6.45) is 1.25. The van der Waals surface area contributed by atoms with Crippen molar-refractivity contribution < 1.29 is 9.21 Å². The van der Waals surface area contributed by atoms with Crippen molar-refractivity contribution in [2.75, 3.05) is 5.32 Å². The van der Waals surface area contributed by atoms with Gasteiger partial charge in [0.2, 0.25) is 0 Å². The highest BCUT2D eigenvalue weighted by molar-refractivity contribution is 5.93. The van der Waals surface area contributed by atoms with E-state index in [1.54, 1.807) is 6.92 Å². The molecule has 0 bridgehead atoms. The van der Waals surface area contributed by atoms with Crippen LogP contribution in [0, 0.1) is 0 Å². The van der Waals surface area contributed by atoms with Crippen molar-refractivity contribution in [1.82, 2.24) is 10.3 Å². The molecule has 6 nitrogen and oxygen atoms in total. The minimum atomic E-state index is -0.291. The van der Waals surface area contributed by atoms with E-state index in [-0.39, 0.29) is 17.9 Å². The number of anilines is 1. The number of Topliss-reactive ketones (excluding diaryl/α,β-unsaturated/α-hetero) is 1. The molecule has 134 valence electrons. The number of aromatic nitrogens is 1. The second kappa shape index (κ2) is 8.46. The maximum absolute atomic E-state index is 11.5. The van der Waals surface area contributed by atoms with Crippen LogP contribution in [0.2, 0.25) is 0 Å². The lowest BCUT2D eigenvalue weighted by Crippen LogP contribution is -2.38. The van der Waals surface area contributed by atoms with Crippen LogP contribution in [0.25, 0.3) is 11.1 Å². The van der Waals surface area contributed by atoms with Gasteiger partial charge in [-0.2, -0.15) is 4.98 Å². The van der Waals surface area contributed by atoms with Crippen LogP contribution in [0.5, 0.6) is 0 Å². The largest absolute Gasteiger partial charge is 0.423 e. The number of nitrogens with zero attached hydrogens (tertiary/aromatic N) is 2. The van der Waals surface area contributed by atoms with Crippen molar-refractivity contribution in [3.8, 4) is 0 Å². The molecule has 2 unspecified atom stereocenters. The van der Waals surface area contributed by atoms with Gasteiger partial charge in [-0.1, -0.05) is 31.2 Å². The summed E-state index contributed by atoms with van der Waals surface area (Å²) in [6.45, 7) is 11.5. The van der Waals surface area contributed by atoms with Crippen molar-refractivity contribution in [2.45, 2.75) is 52.6 Å². The number of carbonyl (C=O) groups is 1. The molecule has 1 aromatic carbocycles. The Labute approximate surface area is 148 Å². The van der Waals surface area contributed by atoms with Gasteiger partial charge in [-0.15, -0.1) is 0 Å². The molecular formula is C19H26N4O2. The molecule has 2 aromatic rings. The lowest BCUT2D eigenvalue weighted by molar-refractivity contribution is -0.117. The fourth-order valence-electron chi connectivity index (χ4n) is 2.23. The number of hydrogen-bond acceptors (Lipinski definition) is 4. The third kappa shape index (κ3) is 5.45. The number of rotatable bonds is 7. The quantitative estimate of drug-likeness (QED) is 0.453. The van der Waals surface area contributed by atoms with E-state index in [2.05, 4.69) is 41.0 Å². The number of ketones is 1. The van der Waals surface area contributed by atoms with Crippen molar-refractivity contribution in [3.05, 3.63) is 36.4 Å². The Hall–Kier alpha value is -2.63. The maximum atomic E-state index is 11.5. The molecule has 0 aliphatic rings. The molecule has 0 spiro atoms. The summed E-state index contributed by atoms with van der Waals surface area (Å²) >= 11 is 0. The van der Waals surface area contributed by atoms with Crippen molar-refractivity contribution in [2.24, 2.45) is 4.99 Å². The van der Waals surface area contributed by atoms with Crippen LogP contribution < -0.4 is 10.6 Å². The highest BCUT2D eigenvalue weighted by Gasteiger charge is 2.15. The number of aliphatic imine (C=N–C) groups is 1. The van der Waals surface area contributed by atoms with Crippen molar-refractivity contribution >= 4 is 28.9 Å². The van der Waals surface area contributed by atoms with Gasteiger partial charge in [-0.3, -0.25) is 10.1 Å². The third-order valence-corrected chi connectivity index (χ3v) is 3.85. The van der Waals surface area contributed by atoms with Gasteiger partial charge in [0.05, 0.1) is 6.04 Å². The second-order valence-electron chi connectivity index (χ2n) is 6.31. The van der Waals surface area contributed by atoms with E-state index in [0.29, 0.717) is 24.0 Å². The lowest BCUT2D eigenvalue weighted by Gasteiger charge is -2.18. The molecule has 0 aliphatic carbocycles. The zero-order valence-electron chi connectivity index (χ0n) is 15.3. The SMILES string of the molecule is C=C(C)C(CC(C)=O)N=C(Nc1nc2ccccc2o1)NC(C)CC. The molecule has 25 heavy (non-hydrogen) atoms. The van der Waals surface area contributed by atoms with Crippen molar-refractivity contribution in [1.29, 1.82) is 0 Å². The minimum absolute atomic E-state index is 0.0708. The first kappa shape index (κ1) is 18.7. The number of carbonyl (C=O) groups excluding carboxylic acids is 1. The Morgan fingerprint density at radius 1 is 1.36 bits per heavy atom. The van der Waals surface area contributed by atoms with Gasteiger partial charge in [0.25, 0.3) is 0 Å². The van der Waals surface area contributed by atoms with Gasteiger partial charge in [0.1, 0.15) is 11.3 Å². The zero-order chi connectivity index (χ0) is 18.4. The Balaban J connectivity index is 2.28. The van der Waals surface area contributed by atoms with Crippen LogP contribution in [-0.4, -0.2) is 28.8 Å². The van der Waals surface area contributed by atoms with Crippen LogP contribution in [0.1, 0.15) is 40.5 Å². The Kier molecular flexibility index (Phi) is 6.33. The Morgan fingerprint density at radius 3 is 2.68 bits per heavy atom. The summed E-state index contributed by atoms with van der Waals surface area (Å²) in [7, 11) is 0. The van der Waals surface area contributed by atoms with Crippen LogP contribution >= 0.6 is 0 Å². The van der Waals surface area contributed by atoms with E-state index in [0.717, 1.165) is 17.5 Å². The minimum Gasteiger partial charge on any atom is -0.423 e. The predicted molar refractivity (Wildman–Crippen MR) is 102 cm³/mol. The first-order valence-corrected chi connectivity index (χ1v) is 8.50. The number of guanidine groups is 1. The fraction of sp³-hybridized carbons (Fsp3) is 0.421. The normalized spacial score (nSPS) is 14.2. The average Bonchev–Trinajstić information content (AvgIpc) is 2.95. The maximum Gasteiger partial charge on any atom is 0.302 e. The van der Waals surface area contributed by atoms with Crippen LogP contribution in [0.4, 0.5) is 6.01 Å². The summed E-state index contributed by atoms with van der Waals surface area (Å²) in [6, 6.07) is 7.83. The molecule has 0 aliphatic heterocycles. The summed E-state index contributed by atoms with van der Waals surface area (Å²) < 4.78 is 5.70. The fourth-order valence-corrected chi connectivity index (χ4v) is 2.23. The standard InChI is InChI=1S/C19H26N4O2/c1-6-13(4)20-18(21-16(12(2)3)11-14(5)24)23-19-22-15-9-7-8-10-17(15)25-19/h7-10,13,16H,2,6,11H2,1,3-5H3,(H2,20,21,22,23). The Morgan fingerprint density at radius 2 is 2.08 bits per heavy atom. The molecule has 1 aromatic heterocycles. The van der Waals surface area contributed by atoms with Crippen LogP contribution in [-0.2, 0) is 4.79 Å². The zero-order valence-corrected chi connectivity index (χ0v) is 15.3. The monoisotopic (exact) mass is 342 g/mol. The summed E-state index contributed by atoms with van der Waals surface area (Å²) in [4.78, 5) is 20.6. The topological polar surface area (TPSA) is 79.5 Å². The number of nitrogens with one attached hydrogen (secondary N) is 2. The Bertz CT molecular complexity index is 746. The predicted octanol–water partition coefficient (Wildman–Crippen LogP) is 3.91. The van der Waals surface area contributed by atoms with Crippen LogP contribution in [0.15, 0.2) is 45.8 Å². The van der Waals surface area contributed by atoms with E-state index >= 15 is 0 Å². The third-order valence-electron chi connectivity index (χ3n) is 3.85. The summed E-state index contributed by atoms with van der Waals surface area (Å²) in [5, 5.41) is 6.41. The van der Waals surface area contributed by atoms with E-state index in [1.807, 2.05) is 31.2 Å². The van der Waals surface area contributed by atoms with Gasteiger partial charge in [-0.05, 0) is 39.3 Å². The van der Waals surface area contributed by atoms with E-state index < -0.39 is 0 Å². The molecule has 2 N–H and O–H groups in total. The van der Waals surface area contributed by atoms with Crippen LogP contribution in [0.3, 0.4) is 0 Å². The first-order valence-electron chi connectivity index (χ1n) is 8.50. The van der Waals surface area contributed by atoms with Gasteiger partial charge in [0.15, 0.2) is 11.5 Å². The molecule has 0 saturated heterocycles. The van der Waals surface area contributed by atoms with Gasteiger partial charge < -0.3 is 9.73 Å². The van der Waals surface area contributed by atoms with E-state index in [1.165, 1.54) is 0 Å². The van der Waals surface area contributed by atoms with Gasteiger partial charge in [0, 0.05) is 12.5 Å².